The van der Waals surface area contributed by atoms with Crippen LogP contribution in [0.25, 0.3) is 33.3 Å². The Labute approximate surface area is 145 Å². The van der Waals surface area contributed by atoms with Crippen molar-refractivity contribution in [2.24, 2.45) is 0 Å². The molecule has 0 saturated carbocycles. The van der Waals surface area contributed by atoms with E-state index in [0.29, 0.717) is 0 Å². The Kier molecular flexibility index (Phi) is 3.78. The number of ether oxygens (including phenoxy) is 1. The second kappa shape index (κ2) is 6.24. The van der Waals surface area contributed by atoms with Gasteiger partial charge in [-0.05, 0) is 47.2 Å². The third-order valence-corrected chi connectivity index (χ3v) is 4.17. The van der Waals surface area contributed by atoms with Gasteiger partial charge in [-0.25, -0.2) is 9.97 Å². The number of rotatable bonds is 3. The Balaban J connectivity index is 1.80. The van der Waals surface area contributed by atoms with Crippen LogP contribution in [0, 0.1) is 0 Å². The number of methoxy groups -OCH3 is 1. The molecule has 2 N–H and O–H groups in total. The van der Waals surface area contributed by atoms with E-state index in [0.717, 1.165) is 28.3 Å². The van der Waals surface area contributed by atoms with Gasteiger partial charge in [0.2, 0.25) is 5.95 Å². The Morgan fingerprint density at radius 2 is 1.36 bits per heavy atom. The molecule has 3 aromatic carbocycles. The number of aromatic nitrogens is 2. The summed E-state index contributed by atoms with van der Waals surface area (Å²) in [5, 5.41) is 2.37. The van der Waals surface area contributed by atoms with Gasteiger partial charge in [-0.2, -0.15) is 0 Å². The molecule has 4 rings (SSSR count). The van der Waals surface area contributed by atoms with E-state index in [1.54, 1.807) is 7.11 Å². The molecule has 0 aliphatic heterocycles. The summed E-state index contributed by atoms with van der Waals surface area (Å²) >= 11 is 0. The molecule has 0 aliphatic carbocycles. The van der Waals surface area contributed by atoms with Crippen LogP contribution in [0.3, 0.4) is 0 Å². The highest BCUT2D eigenvalue weighted by atomic mass is 16.5. The number of nitrogens with two attached hydrogens (primary N) is 1. The van der Waals surface area contributed by atoms with E-state index in [2.05, 4.69) is 40.3 Å². The Hall–Kier alpha value is -3.40. The molecule has 4 heteroatoms. The summed E-state index contributed by atoms with van der Waals surface area (Å²) in [6.07, 6.45) is 0. The highest BCUT2D eigenvalue weighted by Crippen LogP contribution is 2.28. The molecule has 122 valence electrons. The van der Waals surface area contributed by atoms with Crippen molar-refractivity contribution in [1.29, 1.82) is 0 Å². The number of hydrogen-bond acceptors (Lipinski definition) is 4. The molecule has 0 saturated heterocycles. The van der Waals surface area contributed by atoms with Crippen molar-refractivity contribution < 1.29 is 4.74 Å². The normalized spacial score (nSPS) is 10.8. The molecule has 1 aromatic heterocycles. The zero-order valence-electron chi connectivity index (χ0n) is 13.8. The first-order valence-corrected chi connectivity index (χ1v) is 8.01. The summed E-state index contributed by atoms with van der Waals surface area (Å²) in [6.45, 7) is 0. The van der Waals surface area contributed by atoms with Crippen molar-refractivity contribution in [3.8, 4) is 28.3 Å². The first-order chi connectivity index (χ1) is 12.2. The fraction of sp³-hybridized carbons (Fsp3) is 0.0476. The van der Waals surface area contributed by atoms with Gasteiger partial charge >= 0.3 is 0 Å². The lowest BCUT2D eigenvalue weighted by atomic mass is 10.0. The topological polar surface area (TPSA) is 61.0 Å². The molecule has 1 heterocycles. The van der Waals surface area contributed by atoms with Crippen molar-refractivity contribution in [3.05, 3.63) is 72.8 Å². The van der Waals surface area contributed by atoms with E-state index >= 15 is 0 Å². The number of nitrogens with zero attached hydrogens (tertiary/aromatic N) is 2. The van der Waals surface area contributed by atoms with E-state index in [1.807, 2.05) is 42.5 Å². The summed E-state index contributed by atoms with van der Waals surface area (Å²) in [5.74, 6) is 1.07. The Morgan fingerprint density at radius 3 is 2.08 bits per heavy atom. The first kappa shape index (κ1) is 15.1. The molecule has 4 aromatic rings. The molecule has 0 aliphatic rings. The van der Waals surface area contributed by atoms with Crippen LogP contribution in [-0.4, -0.2) is 17.1 Å². The lowest BCUT2D eigenvalue weighted by Gasteiger charge is -2.08. The Bertz CT molecular complexity index is 1040. The van der Waals surface area contributed by atoms with Gasteiger partial charge in [0.05, 0.1) is 18.5 Å². The molecule has 0 spiro atoms. The van der Waals surface area contributed by atoms with Crippen molar-refractivity contribution in [3.63, 3.8) is 0 Å². The monoisotopic (exact) mass is 327 g/mol. The molecule has 0 atom stereocenters. The first-order valence-electron chi connectivity index (χ1n) is 8.01. The molecule has 0 fully saturated rings. The zero-order chi connectivity index (χ0) is 17.2. The van der Waals surface area contributed by atoms with Crippen LogP contribution < -0.4 is 10.5 Å². The molecule has 0 radical (unpaired) electrons. The van der Waals surface area contributed by atoms with Crippen LogP contribution in [0.5, 0.6) is 5.75 Å². The van der Waals surface area contributed by atoms with E-state index in [1.165, 1.54) is 10.8 Å². The summed E-state index contributed by atoms with van der Waals surface area (Å²) in [6, 6.07) is 24.2. The summed E-state index contributed by atoms with van der Waals surface area (Å²) in [5.41, 5.74) is 9.54. The van der Waals surface area contributed by atoms with E-state index in [9.17, 15) is 0 Å². The van der Waals surface area contributed by atoms with Gasteiger partial charge in [0, 0.05) is 11.1 Å². The van der Waals surface area contributed by atoms with E-state index in [-0.39, 0.29) is 5.95 Å². The van der Waals surface area contributed by atoms with Crippen molar-refractivity contribution in [2.75, 3.05) is 12.8 Å². The third-order valence-electron chi connectivity index (χ3n) is 4.17. The van der Waals surface area contributed by atoms with Gasteiger partial charge in [0.1, 0.15) is 5.75 Å². The lowest BCUT2D eigenvalue weighted by Crippen LogP contribution is -1.98. The van der Waals surface area contributed by atoms with E-state index < -0.39 is 0 Å². The van der Waals surface area contributed by atoms with Crippen LogP contribution in [0.2, 0.25) is 0 Å². The maximum Gasteiger partial charge on any atom is 0.221 e. The van der Waals surface area contributed by atoms with Crippen LogP contribution in [0.4, 0.5) is 5.95 Å². The van der Waals surface area contributed by atoms with Crippen LogP contribution in [0.1, 0.15) is 0 Å². The minimum absolute atomic E-state index is 0.261. The number of hydrogen-bond donors (Lipinski definition) is 1. The second-order valence-electron chi connectivity index (χ2n) is 5.79. The van der Waals surface area contributed by atoms with Crippen LogP contribution >= 0.6 is 0 Å². The fourth-order valence-corrected chi connectivity index (χ4v) is 2.87. The SMILES string of the molecule is COc1ccc(-c2cc(-c3ccc4ccccc4c3)nc(N)n2)cc1. The summed E-state index contributed by atoms with van der Waals surface area (Å²) in [4.78, 5) is 8.79. The smallest absolute Gasteiger partial charge is 0.221 e. The number of fused-ring (bicyclic) bond motifs is 1. The molecule has 0 unspecified atom stereocenters. The van der Waals surface area contributed by atoms with Gasteiger partial charge in [0.15, 0.2) is 0 Å². The summed E-state index contributed by atoms with van der Waals surface area (Å²) in [7, 11) is 1.65. The van der Waals surface area contributed by atoms with Crippen LogP contribution in [-0.2, 0) is 0 Å². The molecule has 4 nitrogen and oxygen atoms in total. The highest BCUT2D eigenvalue weighted by Gasteiger charge is 2.08. The maximum atomic E-state index is 5.96. The molecule has 25 heavy (non-hydrogen) atoms. The minimum atomic E-state index is 0.261. The van der Waals surface area contributed by atoms with Crippen molar-refractivity contribution >= 4 is 16.7 Å². The quantitative estimate of drug-likeness (QED) is 0.599. The predicted molar refractivity (Wildman–Crippen MR) is 101 cm³/mol. The standard InChI is InChI=1S/C21H17N3O/c1-25-18-10-8-15(9-11-18)19-13-20(24-21(22)23-19)17-7-6-14-4-2-3-5-16(14)12-17/h2-13H,1H3,(H2,22,23,24). The van der Waals surface area contributed by atoms with Gasteiger partial charge in [0.25, 0.3) is 0 Å². The van der Waals surface area contributed by atoms with Crippen LogP contribution in [0.15, 0.2) is 72.8 Å². The van der Waals surface area contributed by atoms with Crippen molar-refractivity contribution in [1.82, 2.24) is 9.97 Å². The van der Waals surface area contributed by atoms with E-state index in [4.69, 9.17) is 10.5 Å². The molecular weight excluding hydrogens is 310 g/mol. The fourth-order valence-electron chi connectivity index (χ4n) is 2.87. The summed E-state index contributed by atoms with van der Waals surface area (Å²) < 4.78 is 5.21. The second-order valence-corrected chi connectivity index (χ2v) is 5.79. The Morgan fingerprint density at radius 1 is 0.720 bits per heavy atom. The maximum absolute atomic E-state index is 5.96. The lowest BCUT2D eigenvalue weighted by molar-refractivity contribution is 0.415. The van der Waals surface area contributed by atoms with Gasteiger partial charge < -0.3 is 10.5 Å². The number of anilines is 1. The van der Waals surface area contributed by atoms with Gasteiger partial charge in [-0.1, -0.05) is 36.4 Å². The average molecular weight is 327 g/mol. The third kappa shape index (κ3) is 3.02. The minimum Gasteiger partial charge on any atom is -0.497 e. The molecule has 0 bridgehead atoms. The van der Waals surface area contributed by atoms with Crippen molar-refractivity contribution in [2.45, 2.75) is 0 Å². The highest BCUT2D eigenvalue weighted by molar-refractivity contribution is 5.87. The largest absolute Gasteiger partial charge is 0.497 e. The number of benzene rings is 3. The average Bonchev–Trinajstić information content (AvgIpc) is 2.67. The molecular formula is C21H17N3O. The zero-order valence-corrected chi connectivity index (χ0v) is 13.8. The number of nitrogen functional groups attached to an aromatic ring is 1. The predicted octanol–water partition coefficient (Wildman–Crippen LogP) is 4.55. The van der Waals surface area contributed by atoms with Gasteiger partial charge in [-0.15, -0.1) is 0 Å². The van der Waals surface area contributed by atoms with Gasteiger partial charge in [-0.3, -0.25) is 0 Å². The molecule has 0 amide bonds.